The number of rotatable bonds is 6. The third-order valence-corrected chi connectivity index (χ3v) is 2.54. The van der Waals surface area contributed by atoms with Crippen molar-refractivity contribution in [2.75, 3.05) is 38.4 Å². The first-order valence-electron chi connectivity index (χ1n) is 5.39. The summed E-state index contributed by atoms with van der Waals surface area (Å²) in [5.41, 5.74) is 7.37. The number of nitrogens with two attached hydrogens (primary N) is 1. The molecule has 0 aliphatic carbocycles. The summed E-state index contributed by atoms with van der Waals surface area (Å²) in [6.07, 6.45) is -0.0650. The van der Waals surface area contributed by atoms with Crippen molar-refractivity contribution in [2.24, 2.45) is 0 Å². The molecule has 0 aliphatic heterocycles. The quantitative estimate of drug-likeness (QED) is 0.747. The van der Waals surface area contributed by atoms with Crippen molar-refractivity contribution < 1.29 is 13.9 Å². The van der Waals surface area contributed by atoms with Gasteiger partial charge in [-0.05, 0) is 24.6 Å². The molecule has 0 heterocycles. The number of anilines is 2. The second kappa shape index (κ2) is 6.42. The number of aryl methyl sites for hydroxylation is 1. The molecule has 4 nitrogen and oxygen atoms in total. The third-order valence-electron chi connectivity index (χ3n) is 2.54. The molecule has 0 radical (unpaired) electrons. The molecule has 0 aromatic heterocycles. The highest BCUT2D eigenvalue weighted by atomic mass is 19.1. The van der Waals surface area contributed by atoms with E-state index in [1.807, 2.05) is 0 Å². The Balaban J connectivity index is 2.65. The van der Waals surface area contributed by atoms with E-state index in [2.05, 4.69) is 5.32 Å². The van der Waals surface area contributed by atoms with Crippen LogP contribution < -0.4 is 11.1 Å². The summed E-state index contributed by atoms with van der Waals surface area (Å²) in [6.45, 7) is 2.74. The van der Waals surface area contributed by atoms with Crippen LogP contribution >= 0.6 is 0 Å². The maximum absolute atomic E-state index is 13.2. The molecule has 1 aromatic rings. The third kappa shape index (κ3) is 3.87. The number of hydrogen-bond acceptors (Lipinski definition) is 4. The van der Waals surface area contributed by atoms with Crippen LogP contribution in [0.15, 0.2) is 12.1 Å². The lowest BCUT2D eigenvalue weighted by Gasteiger charge is -2.17. The smallest absolute Gasteiger partial charge is 0.128 e. The molecule has 0 aliphatic rings. The van der Waals surface area contributed by atoms with Crippen molar-refractivity contribution in [1.29, 1.82) is 0 Å². The van der Waals surface area contributed by atoms with Gasteiger partial charge in [0.05, 0.1) is 24.1 Å². The van der Waals surface area contributed by atoms with Crippen molar-refractivity contribution in [1.82, 2.24) is 0 Å². The highest BCUT2D eigenvalue weighted by Gasteiger charge is 2.09. The van der Waals surface area contributed by atoms with Crippen LogP contribution in [0, 0.1) is 12.7 Å². The van der Waals surface area contributed by atoms with E-state index >= 15 is 0 Å². The van der Waals surface area contributed by atoms with Gasteiger partial charge in [0.2, 0.25) is 0 Å². The summed E-state index contributed by atoms with van der Waals surface area (Å²) in [6, 6.07) is 3.00. The van der Waals surface area contributed by atoms with Gasteiger partial charge in [-0.1, -0.05) is 0 Å². The van der Waals surface area contributed by atoms with Gasteiger partial charge in [-0.3, -0.25) is 0 Å². The van der Waals surface area contributed by atoms with E-state index in [0.29, 0.717) is 30.1 Å². The zero-order valence-electron chi connectivity index (χ0n) is 10.4. The Morgan fingerprint density at radius 3 is 2.71 bits per heavy atom. The van der Waals surface area contributed by atoms with Gasteiger partial charge in [-0.15, -0.1) is 0 Å². The van der Waals surface area contributed by atoms with E-state index in [4.69, 9.17) is 15.2 Å². The Kier molecular flexibility index (Phi) is 5.18. The van der Waals surface area contributed by atoms with Crippen LogP contribution in [-0.4, -0.2) is 33.5 Å². The number of halogens is 1. The van der Waals surface area contributed by atoms with Gasteiger partial charge in [-0.25, -0.2) is 4.39 Å². The number of nitrogens with one attached hydrogen (secondary N) is 1. The molecule has 1 aromatic carbocycles. The van der Waals surface area contributed by atoms with Crippen LogP contribution in [0.2, 0.25) is 0 Å². The monoisotopic (exact) mass is 242 g/mol. The Labute approximate surface area is 101 Å². The fraction of sp³-hybridized carbons (Fsp3) is 0.500. The summed E-state index contributed by atoms with van der Waals surface area (Å²) in [5.74, 6) is -0.298. The van der Waals surface area contributed by atoms with Crippen LogP contribution in [0.1, 0.15) is 5.56 Å². The molecule has 0 saturated heterocycles. The summed E-state index contributed by atoms with van der Waals surface area (Å²) >= 11 is 0. The minimum atomic E-state index is -0.298. The van der Waals surface area contributed by atoms with Crippen LogP contribution in [0.4, 0.5) is 15.8 Å². The van der Waals surface area contributed by atoms with Crippen molar-refractivity contribution in [3.8, 4) is 0 Å². The predicted molar refractivity (Wildman–Crippen MR) is 66.7 cm³/mol. The van der Waals surface area contributed by atoms with Crippen molar-refractivity contribution in [3.05, 3.63) is 23.5 Å². The molecule has 17 heavy (non-hydrogen) atoms. The Morgan fingerprint density at radius 1 is 1.41 bits per heavy atom. The molecule has 3 N–H and O–H groups in total. The van der Waals surface area contributed by atoms with Crippen molar-refractivity contribution in [2.45, 2.75) is 13.0 Å². The van der Waals surface area contributed by atoms with E-state index in [-0.39, 0.29) is 11.9 Å². The molecule has 0 bridgehead atoms. The van der Waals surface area contributed by atoms with Crippen molar-refractivity contribution in [3.63, 3.8) is 0 Å². The molecule has 1 unspecified atom stereocenters. The number of nitrogen functional groups attached to an aromatic ring is 1. The number of ether oxygens (including phenoxy) is 2. The lowest BCUT2D eigenvalue weighted by molar-refractivity contribution is 0.0366. The van der Waals surface area contributed by atoms with Crippen LogP contribution in [0.25, 0.3) is 0 Å². The lowest BCUT2D eigenvalue weighted by atomic mass is 10.1. The zero-order valence-corrected chi connectivity index (χ0v) is 10.4. The highest BCUT2D eigenvalue weighted by molar-refractivity contribution is 5.67. The first kappa shape index (κ1) is 13.7. The van der Waals surface area contributed by atoms with Gasteiger partial charge in [0.25, 0.3) is 0 Å². The molecule has 0 fully saturated rings. The van der Waals surface area contributed by atoms with Gasteiger partial charge in [0.1, 0.15) is 5.82 Å². The largest absolute Gasteiger partial charge is 0.397 e. The molecule has 0 spiro atoms. The number of benzene rings is 1. The first-order valence-corrected chi connectivity index (χ1v) is 5.39. The van der Waals surface area contributed by atoms with Crippen LogP contribution in [-0.2, 0) is 9.47 Å². The number of hydrogen-bond donors (Lipinski definition) is 2. The normalized spacial score (nSPS) is 12.5. The van der Waals surface area contributed by atoms with E-state index in [1.165, 1.54) is 6.07 Å². The maximum atomic E-state index is 13.2. The molecule has 5 heteroatoms. The maximum Gasteiger partial charge on any atom is 0.128 e. The molecule has 1 rings (SSSR count). The fourth-order valence-corrected chi connectivity index (χ4v) is 1.47. The second-order valence-electron chi connectivity index (χ2n) is 3.88. The summed E-state index contributed by atoms with van der Waals surface area (Å²) in [4.78, 5) is 0. The Hall–Kier alpha value is -1.33. The van der Waals surface area contributed by atoms with E-state index in [0.717, 1.165) is 0 Å². The van der Waals surface area contributed by atoms with Gasteiger partial charge in [0.15, 0.2) is 0 Å². The van der Waals surface area contributed by atoms with Crippen molar-refractivity contribution >= 4 is 11.4 Å². The van der Waals surface area contributed by atoms with E-state index in [1.54, 1.807) is 27.2 Å². The van der Waals surface area contributed by atoms with Gasteiger partial charge >= 0.3 is 0 Å². The molecule has 1 atom stereocenters. The average molecular weight is 242 g/mol. The Bertz CT molecular complexity index is 372. The molecular formula is C12H19FN2O2. The summed E-state index contributed by atoms with van der Waals surface area (Å²) < 4.78 is 23.4. The minimum Gasteiger partial charge on any atom is -0.397 e. The second-order valence-corrected chi connectivity index (χ2v) is 3.88. The Morgan fingerprint density at radius 2 is 2.12 bits per heavy atom. The molecule has 96 valence electrons. The van der Waals surface area contributed by atoms with Crippen LogP contribution in [0.5, 0.6) is 0 Å². The minimum absolute atomic E-state index is 0.0650. The number of methoxy groups -OCH3 is 2. The van der Waals surface area contributed by atoms with Gasteiger partial charge < -0.3 is 20.5 Å². The topological polar surface area (TPSA) is 56.5 Å². The molecule has 0 amide bonds. The lowest BCUT2D eigenvalue weighted by Crippen LogP contribution is -2.26. The van der Waals surface area contributed by atoms with Gasteiger partial charge in [0, 0.05) is 20.8 Å². The fourth-order valence-electron chi connectivity index (χ4n) is 1.47. The highest BCUT2D eigenvalue weighted by Crippen LogP contribution is 2.22. The summed E-state index contributed by atoms with van der Waals surface area (Å²) in [5, 5.41) is 3.12. The zero-order chi connectivity index (χ0) is 12.8. The molecule has 0 saturated carbocycles. The van der Waals surface area contributed by atoms with E-state index in [9.17, 15) is 4.39 Å². The van der Waals surface area contributed by atoms with E-state index < -0.39 is 0 Å². The standard InChI is InChI=1S/C12H19FN2O2/c1-8-4-12(11(14)5-10(8)13)15-6-9(17-3)7-16-2/h4-5,9,15H,6-7,14H2,1-3H3. The SMILES string of the molecule is COCC(CNc1cc(C)c(F)cc1N)OC. The first-order chi connectivity index (χ1) is 8.08. The molecular weight excluding hydrogens is 223 g/mol. The summed E-state index contributed by atoms with van der Waals surface area (Å²) in [7, 11) is 3.23. The van der Waals surface area contributed by atoms with Crippen LogP contribution in [0.3, 0.4) is 0 Å². The predicted octanol–water partition coefficient (Wildman–Crippen LogP) is 1.79. The van der Waals surface area contributed by atoms with Gasteiger partial charge in [-0.2, -0.15) is 0 Å². The average Bonchev–Trinajstić information content (AvgIpc) is 2.30.